The molecule has 0 saturated carbocycles. The summed E-state index contributed by atoms with van der Waals surface area (Å²) in [7, 11) is 0.903. The summed E-state index contributed by atoms with van der Waals surface area (Å²) in [5.41, 5.74) is 3.53. The Morgan fingerprint density at radius 1 is 1.29 bits per heavy atom. The van der Waals surface area contributed by atoms with Crippen LogP contribution in [0.3, 0.4) is 0 Å². The molecule has 5 nitrogen and oxygen atoms in total. The number of ether oxygens (including phenoxy) is 2. The number of benzene rings is 1. The van der Waals surface area contributed by atoms with E-state index in [1.165, 1.54) is 6.92 Å². The number of carbonyl (C=O) groups excluding carboxylic acids is 2. The molecule has 1 rings (SSSR count). The number of Topliss-reactive ketones (excluding diaryl/α,β-unsaturated/α-hetero) is 1. The molecule has 0 amide bonds. The maximum Gasteiger partial charge on any atom is 0.343 e. The van der Waals surface area contributed by atoms with Gasteiger partial charge < -0.3 is 15.2 Å². The van der Waals surface area contributed by atoms with E-state index in [4.69, 9.17) is 5.73 Å². The van der Waals surface area contributed by atoms with E-state index in [9.17, 15) is 22.8 Å². The van der Waals surface area contributed by atoms with Crippen LogP contribution in [0, 0.1) is 17.5 Å². The highest BCUT2D eigenvalue weighted by molar-refractivity contribution is 6.24. The van der Waals surface area contributed by atoms with E-state index in [0.717, 1.165) is 7.11 Å². The van der Waals surface area contributed by atoms with E-state index in [0.29, 0.717) is 12.3 Å². The number of nitrogens with two attached hydrogens (primary N) is 1. The number of carbonyl (C=O) groups is 2. The van der Waals surface area contributed by atoms with Crippen molar-refractivity contribution < 1.29 is 32.2 Å². The van der Waals surface area contributed by atoms with Gasteiger partial charge in [0.25, 0.3) is 0 Å². The van der Waals surface area contributed by atoms with Crippen LogP contribution in [-0.2, 0) is 9.53 Å². The Bertz CT molecular complexity index is 614. The van der Waals surface area contributed by atoms with Gasteiger partial charge in [0.1, 0.15) is 5.57 Å². The third-order valence-electron chi connectivity index (χ3n) is 2.47. The summed E-state index contributed by atoms with van der Waals surface area (Å²) in [5, 5.41) is 0. The predicted molar refractivity (Wildman–Crippen MR) is 66.1 cm³/mol. The highest BCUT2D eigenvalue weighted by Crippen LogP contribution is 2.28. The normalized spacial score (nSPS) is 11.2. The molecule has 0 spiro atoms. The molecule has 0 aromatic heterocycles. The molecule has 0 heterocycles. The molecule has 114 valence electrons. The Hall–Kier alpha value is -2.51. The number of esters is 1. The van der Waals surface area contributed by atoms with Crippen molar-refractivity contribution >= 4 is 11.8 Å². The highest BCUT2D eigenvalue weighted by Gasteiger charge is 2.28. The molecule has 0 radical (unpaired) electrons. The van der Waals surface area contributed by atoms with E-state index in [1.54, 1.807) is 0 Å². The lowest BCUT2D eigenvalue weighted by molar-refractivity contribution is -0.138. The van der Waals surface area contributed by atoms with Gasteiger partial charge in [-0.2, -0.15) is 4.39 Å². The number of halogens is 3. The van der Waals surface area contributed by atoms with Crippen molar-refractivity contribution in [2.75, 3.05) is 13.7 Å². The summed E-state index contributed by atoms with van der Waals surface area (Å²) in [4.78, 5) is 23.5. The molecular formula is C13H12F3NO4. The van der Waals surface area contributed by atoms with Crippen LogP contribution in [0.1, 0.15) is 17.3 Å². The standard InChI is InChI=1S/C13H12F3NO4/c1-3-21-13(19)7(5-17)11(18)6-4-8(14)10(16)12(20-2)9(6)15/h4-5H,3,17H2,1-2H3/b7-5-. The maximum atomic E-state index is 13.9. The van der Waals surface area contributed by atoms with Crippen LogP contribution in [0.15, 0.2) is 17.8 Å². The van der Waals surface area contributed by atoms with Crippen LogP contribution in [0.4, 0.5) is 13.2 Å². The van der Waals surface area contributed by atoms with Gasteiger partial charge in [-0.15, -0.1) is 0 Å². The van der Waals surface area contributed by atoms with E-state index >= 15 is 0 Å². The number of rotatable bonds is 5. The van der Waals surface area contributed by atoms with Gasteiger partial charge in [-0.05, 0) is 13.0 Å². The number of hydrogen-bond donors (Lipinski definition) is 1. The van der Waals surface area contributed by atoms with Gasteiger partial charge in [0.05, 0.1) is 19.3 Å². The first-order valence-electron chi connectivity index (χ1n) is 5.74. The third kappa shape index (κ3) is 3.15. The molecule has 0 fully saturated rings. The first-order valence-corrected chi connectivity index (χ1v) is 5.74. The van der Waals surface area contributed by atoms with Crippen molar-refractivity contribution in [3.8, 4) is 5.75 Å². The van der Waals surface area contributed by atoms with Crippen LogP contribution >= 0.6 is 0 Å². The van der Waals surface area contributed by atoms with E-state index < -0.39 is 46.1 Å². The molecule has 1 aromatic carbocycles. The van der Waals surface area contributed by atoms with Gasteiger partial charge in [-0.3, -0.25) is 4.79 Å². The largest absolute Gasteiger partial charge is 0.491 e. The summed E-state index contributed by atoms with van der Waals surface area (Å²) >= 11 is 0. The van der Waals surface area contributed by atoms with Crippen molar-refractivity contribution in [1.29, 1.82) is 0 Å². The fourth-order valence-electron chi connectivity index (χ4n) is 1.52. The molecule has 8 heteroatoms. The lowest BCUT2D eigenvalue weighted by Crippen LogP contribution is -2.19. The fourth-order valence-corrected chi connectivity index (χ4v) is 1.52. The summed E-state index contributed by atoms with van der Waals surface area (Å²) in [6.07, 6.45) is 0.605. The zero-order valence-electron chi connectivity index (χ0n) is 11.2. The SMILES string of the molecule is CCOC(=O)/C(=C\N)C(=O)c1cc(F)c(F)c(OC)c1F. The Balaban J connectivity index is 3.37. The van der Waals surface area contributed by atoms with E-state index in [1.807, 2.05) is 0 Å². The summed E-state index contributed by atoms with van der Waals surface area (Å²) in [5.74, 6) is -7.94. The molecule has 1 aromatic rings. The zero-order chi connectivity index (χ0) is 16.2. The van der Waals surface area contributed by atoms with Crippen LogP contribution in [0.5, 0.6) is 5.75 Å². The van der Waals surface area contributed by atoms with Crippen LogP contribution in [-0.4, -0.2) is 25.5 Å². The molecule has 0 unspecified atom stereocenters. The highest BCUT2D eigenvalue weighted by atomic mass is 19.2. The van der Waals surface area contributed by atoms with Gasteiger partial charge in [0.15, 0.2) is 17.4 Å². The number of hydrogen-bond acceptors (Lipinski definition) is 5. The monoisotopic (exact) mass is 303 g/mol. The minimum atomic E-state index is -1.58. The summed E-state index contributed by atoms with van der Waals surface area (Å²) in [6, 6.07) is 0.318. The van der Waals surface area contributed by atoms with Crippen LogP contribution < -0.4 is 10.5 Å². The Morgan fingerprint density at radius 3 is 2.38 bits per heavy atom. The smallest absolute Gasteiger partial charge is 0.343 e. The molecule has 2 N–H and O–H groups in total. The van der Waals surface area contributed by atoms with Gasteiger partial charge in [-0.25, -0.2) is 13.6 Å². The Kier molecular flexibility index (Phi) is 5.34. The van der Waals surface area contributed by atoms with Crippen molar-refractivity contribution in [1.82, 2.24) is 0 Å². The topological polar surface area (TPSA) is 78.6 Å². The first-order chi connectivity index (χ1) is 9.88. The minimum Gasteiger partial charge on any atom is -0.491 e. The lowest BCUT2D eigenvalue weighted by atomic mass is 10.0. The van der Waals surface area contributed by atoms with Crippen molar-refractivity contribution in [2.24, 2.45) is 5.73 Å². The van der Waals surface area contributed by atoms with Crippen molar-refractivity contribution in [3.63, 3.8) is 0 Å². The Morgan fingerprint density at radius 2 is 1.90 bits per heavy atom. The van der Waals surface area contributed by atoms with Crippen molar-refractivity contribution in [2.45, 2.75) is 6.92 Å². The molecule has 0 atom stereocenters. The Labute approximate surface area is 118 Å². The van der Waals surface area contributed by atoms with Crippen LogP contribution in [0.2, 0.25) is 0 Å². The van der Waals surface area contributed by atoms with Gasteiger partial charge in [0, 0.05) is 6.20 Å². The predicted octanol–water partition coefficient (Wildman–Crippen LogP) is 1.70. The van der Waals surface area contributed by atoms with Gasteiger partial charge >= 0.3 is 5.97 Å². The second-order valence-corrected chi connectivity index (χ2v) is 3.70. The van der Waals surface area contributed by atoms with E-state index in [2.05, 4.69) is 9.47 Å². The van der Waals surface area contributed by atoms with Gasteiger partial charge in [0.2, 0.25) is 11.6 Å². The quantitative estimate of drug-likeness (QED) is 0.224. The molecule has 0 saturated heterocycles. The van der Waals surface area contributed by atoms with Crippen LogP contribution in [0.25, 0.3) is 0 Å². The minimum absolute atomic E-state index is 0.0486. The maximum absolute atomic E-state index is 13.9. The summed E-state index contributed by atoms with van der Waals surface area (Å²) in [6.45, 7) is 1.44. The average Bonchev–Trinajstić information content (AvgIpc) is 2.44. The molecular weight excluding hydrogens is 291 g/mol. The molecule has 21 heavy (non-hydrogen) atoms. The van der Waals surface area contributed by atoms with Crippen molar-refractivity contribution in [3.05, 3.63) is 40.9 Å². The summed E-state index contributed by atoms with van der Waals surface area (Å²) < 4.78 is 49.5. The molecule has 0 aliphatic rings. The molecule has 0 aliphatic carbocycles. The second kappa shape index (κ2) is 6.78. The van der Waals surface area contributed by atoms with Gasteiger partial charge in [-0.1, -0.05) is 0 Å². The molecule has 0 aliphatic heterocycles. The zero-order valence-corrected chi connectivity index (χ0v) is 11.2. The fraction of sp³-hybridized carbons (Fsp3) is 0.231. The third-order valence-corrected chi connectivity index (χ3v) is 2.47. The molecule has 0 bridgehead atoms. The number of ketones is 1. The number of methoxy groups -OCH3 is 1. The lowest BCUT2D eigenvalue weighted by Gasteiger charge is -2.10. The first kappa shape index (κ1) is 16.5. The second-order valence-electron chi connectivity index (χ2n) is 3.70. The van der Waals surface area contributed by atoms with E-state index in [-0.39, 0.29) is 6.61 Å². The average molecular weight is 303 g/mol.